The normalized spacial score (nSPS) is 23.8. The molecule has 14 heavy (non-hydrogen) atoms. The lowest BCUT2D eigenvalue weighted by Crippen LogP contribution is -2.53. The third-order valence-electron chi connectivity index (χ3n) is 3.26. The predicted octanol–water partition coefficient (Wildman–Crippen LogP) is 0.816. The molecule has 3 heteroatoms. The lowest BCUT2D eigenvalue weighted by atomic mass is 9.95. The minimum absolute atomic E-state index is 0.0955. The van der Waals surface area contributed by atoms with Crippen LogP contribution in [0.5, 0.6) is 0 Å². The Hall–Kier alpha value is -0.120. The maximum Gasteiger partial charge on any atom is 0.0602 e. The molecule has 1 aliphatic heterocycles. The van der Waals surface area contributed by atoms with Crippen LogP contribution in [0.3, 0.4) is 0 Å². The van der Waals surface area contributed by atoms with E-state index < -0.39 is 0 Å². The molecule has 1 heterocycles. The standard InChI is InChI=1S/C11H24N2O/c1-9(2)11(12)10(8-14)13-6-4-3-5-7-13/h9-11,14H,3-8,12H2,1-2H3. The zero-order valence-corrected chi connectivity index (χ0v) is 9.45. The van der Waals surface area contributed by atoms with Crippen molar-refractivity contribution in [3.63, 3.8) is 0 Å². The zero-order valence-electron chi connectivity index (χ0n) is 9.45. The zero-order chi connectivity index (χ0) is 10.6. The van der Waals surface area contributed by atoms with Crippen LogP contribution < -0.4 is 5.73 Å². The number of rotatable bonds is 4. The molecule has 1 fully saturated rings. The number of aliphatic hydroxyl groups is 1. The van der Waals surface area contributed by atoms with E-state index in [1.54, 1.807) is 0 Å². The van der Waals surface area contributed by atoms with Crippen LogP contribution in [0.15, 0.2) is 0 Å². The quantitative estimate of drug-likeness (QED) is 0.706. The lowest BCUT2D eigenvalue weighted by Gasteiger charge is -2.38. The molecule has 3 nitrogen and oxygen atoms in total. The van der Waals surface area contributed by atoms with Crippen LogP contribution in [0, 0.1) is 5.92 Å². The fourth-order valence-corrected chi connectivity index (χ4v) is 2.17. The Kier molecular flexibility index (Phi) is 4.85. The topological polar surface area (TPSA) is 49.5 Å². The van der Waals surface area contributed by atoms with Gasteiger partial charge in [0.25, 0.3) is 0 Å². The first-order chi connectivity index (χ1) is 6.66. The number of piperidine rings is 1. The molecule has 0 amide bonds. The summed E-state index contributed by atoms with van der Waals surface area (Å²) in [7, 11) is 0. The predicted molar refractivity (Wildman–Crippen MR) is 59.1 cm³/mol. The summed E-state index contributed by atoms with van der Waals surface area (Å²) in [6.07, 6.45) is 3.83. The first-order valence-electron chi connectivity index (χ1n) is 5.77. The van der Waals surface area contributed by atoms with Crippen molar-refractivity contribution in [1.82, 2.24) is 4.90 Å². The van der Waals surface area contributed by atoms with Crippen molar-refractivity contribution in [3.05, 3.63) is 0 Å². The maximum absolute atomic E-state index is 9.38. The van der Waals surface area contributed by atoms with Gasteiger partial charge in [-0.25, -0.2) is 0 Å². The van der Waals surface area contributed by atoms with E-state index in [1.165, 1.54) is 19.3 Å². The molecule has 1 rings (SSSR count). The molecule has 0 aliphatic carbocycles. The molecule has 2 unspecified atom stereocenters. The van der Waals surface area contributed by atoms with Crippen LogP contribution in [0.1, 0.15) is 33.1 Å². The van der Waals surface area contributed by atoms with Crippen molar-refractivity contribution >= 4 is 0 Å². The van der Waals surface area contributed by atoms with Gasteiger partial charge in [-0.15, -0.1) is 0 Å². The molecule has 1 saturated heterocycles. The largest absolute Gasteiger partial charge is 0.395 e. The maximum atomic E-state index is 9.38. The summed E-state index contributed by atoms with van der Waals surface area (Å²) in [6, 6.07) is 0.258. The molecule has 0 bridgehead atoms. The van der Waals surface area contributed by atoms with Gasteiger partial charge in [-0.3, -0.25) is 4.90 Å². The molecule has 0 radical (unpaired) electrons. The van der Waals surface area contributed by atoms with Crippen LogP contribution in [-0.2, 0) is 0 Å². The Bertz CT molecular complexity index is 155. The van der Waals surface area contributed by atoms with E-state index >= 15 is 0 Å². The van der Waals surface area contributed by atoms with Crippen molar-refractivity contribution in [2.24, 2.45) is 11.7 Å². The number of hydrogen-bond donors (Lipinski definition) is 2. The van der Waals surface area contributed by atoms with Crippen LogP contribution in [0.25, 0.3) is 0 Å². The van der Waals surface area contributed by atoms with Gasteiger partial charge < -0.3 is 10.8 Å². The number of nitrogens with zero attached hydrogens (tertiary/aromatic N) is 1. The van der Waals surface area contributed by atoms with Crippen molar-refractivity contribution < 1.29 is 5.11 Å². The number of hydrogen-bond acceptors (Lipinski definition) is 3. The average molecular weight is 200 g/mol. The van der Waals surface area contributed by atoms with Crippen molar-refractivity contribution in [1.29, 1.82) is 0 Å². The van der Waals surface area contributed by atoms with Crippen LogP contribution in [-0.4, -0.2) is 41.8 Å². The summed E-state index contributed by atoms with van der Waals surface area (Å²) in [4.78, 5) is 2.36. The second kappa shape index (κ2) is 5.69. The first-order valence-corrected chi connectivity index (χ1v) is 5.77. The van der Waals surface area contributed by atoms with Gasteiger partial charge in [0.1, 0.15) is 0 Å². The van der Waals surface area contributed by atoms with E-state index in [4.69, 9.17) is 5.73 Å². The highest BCUT2D eigenvalue weighted by Crippen LogP contribution is 2.16. The highest BCUT2D eigenvalue weighted by Gasteiger charge is 2.27. The first kappa shape index (κ1) is 12.0. The summed E-state index contributed by atoms with van der Waals surface area (Å²) >= 11 is 0. The number of nitrogens with two attached hydrogens (primary N) is 1. The van der Waals surface area contributed by atoms with Crippen molar-refractivity contribution in [2.45, 2.75) is 45.2 Å². The van der Waals surface area contributed by atoms with Crippen LogP contribution in [0.4, 0.5) is 0 Å². The van der Waals surface area contributed by atoms with Gasteiger partial charge in [0.2, 0.25) is 0 Å². The van der Waals surface area contributed by atoms with Crippen LogP contribution in [0.2, 0.25) is 0 Å². The summed E-state index contributed by atoms with van der Waals surface area (Å²) in [5.74, 6) is 0.439. The van der Waals surface area contributed by atoms with Crippen molar-refractivity contribution in [2.75, 3.05) is 19.7 Å². The lowest BCUT2D eigenvalue weighted by molar-refractivity contribution is 0.0761. The number of aliphatic hydroxyl groups excluding tert-OH is 1. The third-order valence-corrected chi connectivity index (χ3v) is 3.26. The average Bonchev–Trinajstić information content (AvgIpc) is 2.20. The highest BCUT2D eigenvalue weighted by molar-refractivity contribution is 4.85. The van der Waals surface area contributed by atoms with Gasteiger partial charge in [-0.05, 0) is 31.8 Å². The SMILES string of the molecule is CC(C)C(N)C(CO)N1CCCCC1. The Morgan fingerprint density at radius 1 is 1.21 bits per heavy atom. The fourth-order valence-electron chi connectivity index (χ4n) is 2.17. The molecule has 1 aliphatic rings. The molecule has 0 aromatic heterocycles. The molecule has 0 saturated carbocycles. The van der Waals surface area contributed by atoms with Gasteiger partial charge in [0, 0.05) is 12.1 Å². The van der Waals surface area contributed by atoms with E-state index in [0.717, 1.165) is 13.1 Å². The minimum Gasteiger partial charge on any atom is -0.395 e. The van der Waals surface area contributed by atoms with E-state index in [9.17, 15) is 5.11 Å². The molecule has 2 atom stereocenters. The highest BCUT2D eigenvalue weighted by atomic mass is 16.3. The molecular weight excluding hydrogens is 176 g/mol. The molecule has 0 spiro atoms. The smallest absolute Gasteiger partial charge is 0.0602 e. The Balaban J connectivity index is 2.50. The van der Waals surface area contributed by atoms with Crippen LogP contribution >= 0.6 is 0 Å². The molecule has 0 aromatic rings. The van der Waals surface area contributed by atoms with Gasteiger partial charge >= 0.3 is 0 Å². The molecule has 3 N–H and O–H groups in total. The second-order valence-corrected chi connectivity index (χ2v) is 4.67. The van der Waals surface area contributed by atoms with E-state index in [-0.39, 0.29) is 18.7 Å². The summed E-state index contributed by atoms with van der Waals surface area (Å²) < 4.78 is 0. The van der Waals surface area contributed by atoms with Crippen molar-refractivity contribution in [3.8, 4) is 0 Å². The van der Waals surface area contributed by atoms with Gasteiger partial charge in [-0.2, -0.15) is 0 Å². The Morgan fingerprint density at radius 2 is 1.79 bits per heavy atom. The second-order valence-electron chi connectivity index (χ2n) is 4.67. The molecular formula is C11H24N2O. The summed E-state index contributed by atoms with van der Waals surface area (Å²) in [5, 5.41) is 9.38. The van der Waals surface area contributed by atoms with E-state index in [1.807, 2.05) is 0 Å². The van der Waals surface area contributed by atoms with E-state index in [0.29, 0.717) is 5.92 Å². The number of likely N-dealkylation sites (tertiary alicyclic amines) is 1. The third kappa shape index (κ3) is 2.94. The molecule has 84 valence electrons. The van der Waals surface area contributed by atoms with E-state index in [2.05, 4.69) is 18.7 Å². The minimum atomic E-state index is 0.0955. The Morgan fingerprint density at radius 3 is 2.21 bits per heavy atom. The fraction of sp³-hybridized carbons (Fsp3) is 1.00. The monoisotopic (exact) mass is 200 g/mol. The molecule has 0 aromatic carbocycles. The van der Waals surface area contributed by atoms with Gasteiger partial charge in [-0.1, -0.05) is 20.3 Å². The van der Waals surface area contributed by atoms with Gasteiger partial charge in [0.05, 0.1) is 6.61 Å². The van der Waals surface area contributed by atoms with Gasteiger partial charge in [0.15, 0.2) is 0 Å². The Labute approximate surface area is 87.3 Å². The summed E-state index contributed by atoms with van der Waals surface area (Å²) in [5.41, 5.74) is 6.10. The summed E-state index contributed by atoms with van der Waals surface area (Å²) in [6.45, 7) is 6.64.